The number of nitrogens with two attached hydrogens (primary N) is 1. The Morgan fingerprint density at radius 2 is 2.29 bits per heavy atom. The van der Waals surface area contributed by atoms with Crippen molar-refractivity contribution < 1.29 is 9.53 Å². The third-order valence-electron chi connectivity index (χ3n) is 3.36. The highest BCUT2D eigenvalue weighted by molar-refractivity contribution is 6.03. The maximum atomic E-state index is 11.0. The Kier molecular flexibility index (Phi) is 2.44. The van der Waals surface area contributed by atoms with Gasteiger partial charge >= 0.3 is 0 Å². The number of fused-ring (bicyclic) bond motifs is 3. The van der Waals surface area contributed by atoms with Crippen molar-refractivity contribution in [2.24, 2.45) is 10.7 Å². The van der Waals surface area contributed by atoms with Gasteiger partial charge in [0.25, 0.3) is 0 Å². The quantitative estimate of drug-likeness (QED) is 0.837. The first kappa shape index (κ1) is 10.5. The molecule has 0 bridgehead atoms. The van der Waals surface area contributed by atoms with Crippen molar-refractivity contribution in [2.45, 2.75) is 24.9 Å². The normalized spacial score (nSPS) is 26.0. The van der Waals surface area contributed by atoms with Crippen LogP contribution in [-0.2, 0) is 9.53 Å². The van der Waals surface area contributed by atoms with Gasteiger partial charge in [0.15, 0.2) is 0 Å². The topological polar surface area (TPSA) is 64.7 Å². The first-order valence-electron chi connectivity index (χ1n) is 5.83. The number of hydrogen-bond donors (Lipinski definition) is 1. The van der Waals surface area contributed by atoms with Crippen LogP contribution in [0.1, 0.15) is 24.3 Å². The highest BCUT2D eigenvalue weighted by atomic mass is 16.5. The molecular formula is C13H14N2O2. The fraction of sp³-hybridized carbons (Fsp3) is 0.385. The molecule has 2 unspecified atom stereocenters. The minimum Gasteiger partial charge on any atom is -0.372 e. The summed E-state index contributed by atoms with van der Waals surface area (Å²) in [6, 6.07) is 8.10. The second kappa shape index (κ2) is 3.96. The first-order chi connectivity index (χ1) is 8.25. The molecule has 4 heteroatoms. The Morgan fingerprint density at radius 1 is 1.47 bits per heavy atom. The van der Waals surface area contributed by atoms with Gasteiger partial charge in [0.2, 0.25) is 5.91 Å². The molecule has 1 aromatic rings. The number of ether oxygens (including phenoxy) is 1. The molecular weight excluding hydrogens is 216 g/mol. The summed E-state index contributed by atoms with van der Waals surface area (Å²) >= 11 is 0. The number of primary amides is 1. The van der Waals surface area contributed by atoms with Crippen molar-refractivity contribution in [3.63, 3.8) is 0 Å². The van der Waals surface area contributed by atoms with Crippen LogP contribution in [0.2, 0.25) is 0 Å². The van der Waals surface area contributed by atoms with E-state index in [1.54, 1.807) is 0 Å². The molecule has 1 amide bonds. The number of para-hydroxylation sites is 1. The first-order valence-corrected chi connectivity index (χ1v) is 5.83. The number of nitrogens with zero attached hydrogens (tertiary/aromatic N) is 1. The summed E-state index contributed by atoms with van der Waals surface area (Å²) < 4.78 is 5.60. The zero-order valence-electron chi connectivity index (χ0n) is 9.43. The summed E-state index contributed by atoms with van der Waals surface area (Å²) in [6.45, 7) is 0.663. The van der Waals surface area contributed by atoms with Gasteiger partial charge in [0, 0.05) is 12.5 Å². The molecule has 3 rings (SSSR count). The molecule has 1 fully saturated rings. The predicted octanol–water partition coefficient (Wildman–Crippen LogP) is 1.52. The van der Waals surface area contributed by atoms with Crippen LogP contribution >= 0.6 is 0 Å². The third kappa shape index (κ3) is 1.74. The molecule has 2 heterocycles. The molecule has 0 aromatic heterocycles. The Balaban J connectivity index is 1.94. The van der Waals surface area contributed by atoms with E-state index >= 15 is 0 Å². The van der Waals surface area contributed by atoms with Gasteiger partial charge in [-0.15, -0.1) is 0 Å². The highest BCUT2D eigenvalue weighted by Crippen LogP contribution is 2.41. The van der Waals surface area contributed by atoms with Gasteiger partial charge in [-0.1, -0.05) is 18.2 Å². The average Bonchev–Trinajstić information content (AvgIpc) is 2.68. The van der Waals surface area contributed by atoms with Crippen LogP contribution < -0.4 is 5.73 Å². The molecule has 2 atom stereocenters. The number of aliphatic imine (C=N–C) groups is 1. The van der Waals surface area contributed by atoms with Crippen molar-refractivity contribution in [2.75, 3.05) is 6.61 Å². The van der Waals surface area contributed by atoms with Crippen molar-refractivity contribution in [3.8, 4) is 0 Å². The van der Waals surface area contributed by atoms with Crippen LogP contribution in [0.25, 0.3) is 0 Å². The molecule has 1 saturated heterocycles. The van der Waals surface area contributed by atoms with Gasteiger partial charge in [0.1, 0.15) is 6.10 Å². The predicted molar refractivity (Wildman–Crippen MR) is 64.4 cm³/mol. The van der Waals surface area contributed by atoms with Gasteiger partial charge in [0.05, 0.1) is 17.8 Å². The van der Waals surface area contributed by atoms with E-state index in [0.717, 1.165) is 17.8 Å². The Labute approximate surface area is 99.5 Å². The summed E-state index contributed by atoms with van der Waals surface area (Å²) in [5, 5.41) is 0. The van der Waals surface area contributed by atoms with Crippen LogP contribution in [-0.4, -0.2) is 24.3 Å². The zero-order valence-corrected chi connectivity index (χ0v) is 9.43. The van der Waals surface area contributed by atoms with E-state index in [1.807, 2.05) is 18.2 Å². The molecule has 0 saturated carbocycles. The Morgan fingerprint density at radius 3 is 3.12 bits per heavy atom. The Bertz CT molecular complexity index is 496. The van der Waals surface area contributed by atoms with Crippen LogP contribution in [0.5, 0.6) is 0 Å². The highest BCUT2D eigenvalue weighted by Gasteiger charge is 2.36. The van der Waals surface area contributed by atoms with Crippen molar-refractivity contribution in [1.82, 2.24) is 0 Å². The zero-order chi connectivity index (χ0) is 11.8. The summed E-state index contributed by atoms with van der Waals surface area (Å²) in [5.41, 5.74) is 8.46. The second-order valence-electron chi connectivity index (χ2n) is 4.47. The third-order valence-corrected chi connectivity index (χ3v) is 3.36. The number of hydrogen-bond acceptors (Lipinski definition) is 3. The van der Waals surface area contributed by atoms with Crippen LogP contribution in [0.15, 0.2) is 29.3 Å². The molecule has 2 aliphatic rings. The number of carbonyl (C=O) groups is 1. The molecule has 1 aromatic carbocycles. The van der Waals surface area contributed by atoms with Gasteiger partial charge in [-0.3, -0.25) is 9.79 Å². The molecule has 0 aliphatic carbocycles. The number of amides is 1. The summed E-state index contributed by atoms with van der Waals surface area (Å²) in [4.78, 5) is 15.6. The van der Waals surface area contributed by atoms with Crippen LogP contribution in [0.4, 0.5) is 5.69 Å². The van der Waals surface area contributed by atoms with E-state index in [2.05, 4.69) is 11.1 Å². The van der Waals surface area contributed by atoms with E-state index in [-0.39, 0.29) is 18.4 Å². The number of carbonyl (C=O) groups excluding carboxylic acids is 1. The smallest absolute Gasteiger partial charge is 0.220 e. The largest absolute Gasteiger partial charge is 0.372 e. The van der Waals surface area contributed by atoms with E-state index < -0.39 is 0 Å². The summed E-state index contributed by atoms with van der Waals surface area (Å²) in [7, 11) is 0. The molecule has 2 aliphatic heterocycles. The van der Waals surface area contributed by atoms with Gasteiger partial charge in [-0.25, -0.2) is 0 Å². The number of rotatable bonds is 2. The van der Waals surface area contributed by atoms with Crippen molar-refractivity contribution >= 4 is 17.3 Å². The second-order valence-corrected chi connectivity index (χ2v) is 4.47. The standard InChI is InChI=1S/C13H14N2O2/c14-12(16)7-11-13-9(5-6-17-11)8-3-1-2-4-10(8)15-13/h1-4,9,11H,5-7H2,(H2,14,16). The maximum absolute atomic E-state index is 11.0. The minimum atomic E-state index is -0.339. The monoisotopic (exact) mass is 230 g/mol. The molecule has 17 heavy (non-hydrogen) atoms. The summed E-state index contributed by atoms with van der Waals surface area (Å²) in [6.07, 6.45) is 0.924. The Hall–Kier alpha value is -1.68. The lowest BCUT2D eigenvalue weighted by atomic mass is 9.87. The fourth-order valence-corrected chi connectivity index (χ4v) is 2.62. The maximum Gasteiger partial charge on any atom is 0.220 e. The molecule has 0 spiro atoms. The SMILES string of the molecule is NC(=O)CC1OCCC2C1=Nc1ccccc12. The van der Waals surface area contributed by atoms with E-state index in [1.165, 1.54) is 5.56 Å². The van der Waals surface area contributed by atoms with E-state index in [9.17, 15) is 4.79 Å². The minimum absolute atomic E-state index is 0.226. The summed E-state index contributed by atoms with van der Waals surface area (Å²) in [5.74, 6) is -0.0291. The lowest BCUT2D eigenvalue weighted by molar-refractivity contribution is -0.120. The lowest BCUT2D eigenvalue weighted by Crippen LogP contribution is -2.37. The molecule has 88 valence electrons. The lowest BCUT2D eigenvalue weighted by Gasteiger charge is -2.27. The fourth-order valence-electron chi connectivity index (χ4n) is 2.62. The van der Waals surface area contributed by atoms with Crippen LogP contribution in [0, 0.1) is 0 Å². The van der Waals surface area contributed by atoms with E-state index in [4.69, 9.17) is 10.5 Å². The van der Waals surface area contributed by atoms with Crippen LogP contribution in [0.3, 0.4) is 0 Å². The van der Waals surface area contributed by atoms with Gasteiger partial charge in [-0.2, -0.15) is 0 Å². The van der Waals surface area contributed by atoms with Gasteiger partial charge in [-0.05, 0) is 18.1 Å². The molecule has 0 radical (unpaired) electrons. The van der Waals surface area contributed by atoms with Crippen molar-refractivity contribution in [3.05, 3.63) is 29.8 Å². The molecule has 4 nitrogen and oxygen atoms in total. The van der Waals surface area contributed by atoms with Gasteiger partial charge < -0.3 is 10.5 Å². The van der Waals surface area contributed by atoms with Crippen molar-refractivity contribution in [1.29, 1.82) is 0 Å². The number of benzene rings is 1. The molecule has 2 N–H and O–H groups in total. The van der Waals surface area contributed by atoms with E-state index in [0.29, 0.717) is 12.5 Å². The average molecular weight is 230 g/mol.